The number of H-pyrrole nitrogens is 1. The minimum atomic E-state index is 1.15. The quantitative estimate of drug-likeness (QED) is 0.706. The van der Waals surface area contributed by atoms with E-state index >= 15 is 0 Å². The Morgan fingerprint density at radius 3 is 3.33 bits per heavy atom. The van der Waals surface area contributed by atoms with Crippen LogP contribution in [-0.4, -0.2) is 23.0 Å². The Morgan fingerprint density at radius 1 is 1.58 bits per heavy atom. The van der Waals surface area contributed by atoms with Gasteiger partial charge < -0.3 is 4.98 Å². The van der Waals surface area contributed by atoms with Crippen LogP contribution in [0.2, 0.25) is 0 Å². The Hall–Kier alpha value is -0.760. The highest BCUT2D eigenvalue weighted by molar-refractivity contribution is 5.22. The standard InChI is InChI=1S/C10H16N2/c1-2-6-12-7-4-10-9(8-12)3-5-11-10/h3,5,11H,2,4,6-8H2,1H3. The van der Waals surface area contributed by atoms with E-state index in [9.17, 15) is 0 Å². The van der Waals surface area contributed by atoms with Gasteiger partial charge in [0.2, 0.25) is 0 Å². The molecule has 0 saturated heterocycles. The number of aromatic amines is 1. The van der Waals surface area contributed by atoms with E-state index in [-0.39, 0.29) is 0 Å². The average Bonchev–Trinajstić information content (AvgIpc) is 2.51. The monoisotopic (exact) mass is 164 g/mol. The van der Waals surface area contributed by atoms with E-state index in [1.165, 1.54) is 37.2 Å². The first-order chi connectivity index (χ1) is 5.90. The van der Waals surface area contributed by atoms with Crippen LogP contribution in [0, 0.1) is 0 Å². The molecule has 0 bridgehead atoms. The molecule has 0 aliphatic carbocycles. The molecule has 0 fully saturated rings. The molecule has 0 amide bonds. The van der Waals surface area contributed by atoms with Gasteiger partial charge in [0, 0.05) is 31.4 Å². The van der Waals surface area contributed by atoms with Crippen molar-refractivity contribution in [3.05, 3.63) is 23.5 Å². The molecule has 66 valence electrons. The summed E-state index contributed by atoms with van der Waals surface area (Å²) in [4.78, 5) is 5.82. The summed E-state index contributed by atoms with van der Waals surface area (Å²) in [6, 6.07) is 2.21. The van der Waals surface area contributed by atoms with Crippen molar-refractivity contribution in [3.63, 3.8) is 0 Å². The molecule has 2 nitrogen and oxygen atoms in total. The Balaban J connectivity index is 2.05. The van der Waals surface area contributed by atoms with Crippen LogP contribution in [-0.2, 0) is 13.0 Å². The molecule has 0 radical (unpaired) electrons. The minimum Gasteiger partial charge on any atom is -0.365 e. The number of nitrogens with zero attached hydrogens (tertiary/aromatic N) is 1. The Morgan fingerprint density at radius 2 is 2.50 bits per heavy atom. The number of nitrogens with one attached hydrogen (secondary N) is 1. The van der Waals surface area contributed by atoms with Gasteiger partial charge in [0.05, 0.1) is 0 Å². The van der Waals surface area contributed by atoms with E-state index in [0.29, 0.717) is 0 Å². The van der Waals surface area contributed by atoms with E-state index in [1.54, 1.807) is 0 Å². The van der Waals surface area contributed by atoms with Gasteiger partial charge in [-0.25, -0.2) is 0 Å². The molecular formula is C10H16N2. The summed E-state index contributed by atoms with van der Waals surface area (Å²) in [5.41, 5.74) is 2.94. The molecule has 1 aromatic rings. The molecule has 1 N–H and O–H groups in total. The summed E-state index contributed by atoms with van der Waals surface area (Å²) in [6.45, 7) is 5.85. The number of aromatic nitrogens is 1. The third kappa shape index (κ3) is 1.39. The maximum absolute atomic E-state index is 3.29. The zero-order chi connectivity index (χ0) is 8.39. The third-order valence-electron chi connectivity index (χ3n) is 2.54. The summed E-state index contributed by atoms with van der Waals surface area (Å²) in [6.07, 6.45) is 4.52. The highest BCUT2D eigenvalue weighted by atomic mass is 15.1. The van der Waals surface area contributed by atoms with Crippen LogP contribution >= 0.6 is 0 Å². The molecule has 0 spiro atoms. The van der Waals surface area contributed by atoms with Gasteiger partial charge in [0.25, 0.3) is 0 Å². The zero-order valence-corrected chi connectivity index (χ0v) is 7.64. The Bertz CT molecular complexity index is 252. The molecule has 0 aromatic carbocycles. The smallest absolute Gasteiger partial charge is 0.0251 e. The van der Waals surface area contributed by atoms with Gasteiger partial charge >= 0.3 is 0 Å². The van der Waals surface area contributed by atoms with Crippen molar-refractivity contribution in [2.75, 3.05) is 13.1 Å². The first-order valence-electron chi connectivity index (χ1n) is 4.77. The molecule has 2 heteroatoms. The zero-order valence-electron chi connectivity index (χ0n) is 7.64. The largest absolute Gasteiger partial charge is 0.365 e. The van der Waals surface area contributed by atoms with Gasteiger partial charge in [-0.1, -0.05) is 6.92 Å². The van der Waals surface area contributed by atoms with Gasteiger partial charge in [-0.15, -0.1) is 0 Å². The van der Waals surface area contributed by atoms with E-state index in [0.717, 1.165) is 6.54 Å². The van der Waals surface area contributed by atoms with Gasteiger partial charge in [0.15, 0.2) is 0 Å². The van der Waals surface area contributed by atoms with Crippen molar-refractivity contribution < 1.29 is 0 Å². The van der Waals surface area contributed by atoms with Crippen LogP contribution in [0.25, 0.3) is 0 Å². The third-order valence-corrected chi connectivity index (χ3v) is 2.54. The summed E-state index contributed by atoms with van der Waals surface area (Å²) < 4.78 is 0. The minimum absolute atomic E-state index is 1.15. The number of fused-ring (bicyclic) bond motifs is 1. The fourth-order valence-corrected chi connectivity index (χ4v) is 1.91. The van der Waals surface area contributed by atoms with Gasteiger partial charge in [0.1, 0.15) is 0 Å². The lowest BCUT2D eigenvalue weighted by Gasteiger charge is -2.26. The van der Waals surface area contributed by atoms with Crippen molar-refractivity contribution in [1.29, 1.82) is 0 Å². The lowest BCUT2D eigenvalue weighted by molar-refractivity contribution is 0.254. The Labute approximate surface area is 73.6 Å². The molecule has 12 heavy (non-hydrogen) atoms. The summed E-state index contributed by atoms with van der Waals surface area (Å²) in [5, 5.41) is 0. The molecule has 1 aromatic heterocycles. The van der Waals surface area contributed by atoms with Crippen LogP contribution in [0.5, 0.6) is 0 Å². The predicted molar refractivity (Wildman–Crippen MR) is 50.1 cm³/mol. The Kier molecular flexibility index (Phi) is 2.17. The van der Waals surface area contributed by atoms with E-state index < -0.39 is 0 Å². The first kappa shape index (κ1) is 7.87. The normalized spacial score (nSPS) is 17.8. The van der Waals surface area contributed by atoms with Gasteiger partial charge in [-0.2, -0.15) is 0 Å². The van der Waals surface area contributed by atoms with Crippen LogP contribution < -0.4 is 0 Å². The maximum atomic E-state index is 3.29. The number of hydrogen-bond donors (Lipinski definition) is 1. The van der Waals surface area contributed by atoms with Crippen molar-refractivity contribution in [1.82, 2.24) is 9.88 Å². The van der Waals surface area contributed by atoms with E-state index in [4.69, 9.17) is 0 Å². The second-order valence-corrected chi connectivity index (χ2v) is 3.51. The molecule has 1 aliphatic rings. The van der Waals surface area contributed by atoms with Crippen molar-refractivity contribution in [2.45, 2.75) is 26.3 Å². The van der Waals surface area contributed by atoms with Crippen LogP contribution in [0.3, 0.4) is 0 Å². The number of hydrogen-bond acceptors (Lipinski definition) is 1. The molecule has 0 saturated carbocycles. The number of rotatable bonds is 2. The van der Waals surface area contributed by atoms with Crippen LogP contribution in [0.4, 0.5) is 0 Å². The van der Waals surface area contributed by atoms with Crippen LogP contribution in [0.15, 0.2) is 12.3 Å². The van der Waals surface area contributed by atoms with E-state index in [1.807, 2.05) is 0 Å². The van der Waals surface area contributed by atoms with Crippen molar-refractivity contribution in [3.8, 4) is 0 Å². The SMILES string of the molecule is CCCN1CCc2[nH]ccc2C1. The molecule has 1 aliphatic heterocycles. The maximum Gasteiger partial charge on any atom is 0.0251 e. The molecule has 2 rings (SSSR count). The van der Waals surface area contributed by atoms with Crippen molar-refractivity contribution >= 4 is 0 Å². The highest BCUT2D eigenvalue weighted by Gasteiger charge is 2.15. The molecule has 0 unspecified atom stereocenters. The van der Waals surface area contributed by atoms with E-state index in [2.05, 4.69) is 29.1 Å². The fourth-order valence-electron chi connectivity index (χ4n) is 1.91. The topological polar surface area (TPSA) is 19.0 Å². The van der Waals surface area contributed by atoms with Crippen LogP contribution in [0.1, 0.15) is 24.6 Å². The molecular weight excluding hydrogens is 148 g/mol. The highest BCUT2D eigenvalue weighted by Crippen LogP contribution is 2.16. The fraction of sp³-hybridized carbons (Fsp3) is 0.600. The molecule has 2 heterocycles. The van der Waals surface area contributed by atoms with Gasteiger partial charge in [-0.05, 0) is 24.6 Å². The summed E-state index contributed by atoms with van der Waals surface area (Å²) >= 11 is 0. The predicted octanol–water partition coefficient (Wildman–Crippen LogP) is 1.78. The first-order valence-corrected chi connectivity index (χ1v) is 4.77. The molecule has 0 atom stereocenters. The second-order valence-electron chi connectivity index (χ2n) is 3.51. The van der Waals surface area contributed by atoms with Crippen molar-refractivity contribution in [2.24, 2.45) is 0 Å². The average molecular weight is 164 g/mol. The second kappa shape index (κ2) is 3.31. The lowest BCUT2D eigenvalue weighted by atomic mass is 10.1. The summed E-state index contributed by atoms with van der Waals surface area (Å²) in [5.74, 6) is 0. The van der Waals surface area contributed by atoms with Gasteiger partial charge in [-0.3, -0.25) is 4.90 Å². The lowest BCUT2D eigenvalue weighted by Crippen LogP contribution is -2.30. The summed E-state index contributed by atoms with van der Waals surface area (Å²) in [7, 11) is 0.